The van der Waals surface area contributed by atoms with Crippen LogP contribution in [0.5, 0.6) is 0 Å². The first-order chi connectivity index (χ1) is 13.4. The highest BCUT2D eigenvalue weighted by Gasteiger charge is 2.16. The predicted octanol–water partition coefficient (Wildman–Crippen LogP) is 5.34. The zero-order valence-corrected chi connectivity index (χ0v) is 16.6. The molecular weight excluding hydrogens is 350 g/mol. The third-order valence-electron chi connectivity index (χ3n) is 5.17. The van der Waals surface area contributed by atoms with Gasteiger partial charge in [0.25, 0.3) is 0 Å². The molecule has 2 aromatic heterocycles. The number of anilines is 1. The van der Waals surface area contributed by atoms with E-state index in [1.54, 1.807) is 0 Å². The van der Waals surface area contributed by atoms with Crippen LogP contribution >= 0.6 is 11.3 Å². The highest BCUT2D eigenvalue weighted by molar-refractivity contribution is 7.09. The van der Waals surface area contributed by atoms with Gasteiger partial charge in [0, 0.05) is 55.7 Å². The predicted molar refractivity (Wildman–Crippen MR) is 114 cm³/mol. The second-order valence-corrected chi connectivity index (χ2v) is 8.29. The van der Waals surface area contributed by atoms with Gasteiger partial charge in [0.1, 0.15) is 0 Å². The molecule has 0 bridgehead atoms. The third kappa shape index (κ3) is 4.96. The molecule has 0 unspecified atom stereocenters. The Labute approximate surface area is 166 Å². The molecule has 0 aliphatic carbocycles. The van der Waals surface area contributed by atoms with Gasteiger partial charge in [-0.2, -0.15) is 0 Å². The van der Waals surface area contributed by atoms with E-state index in [0.717, 1.165) is 19.6 Å². The molecule has 3 heterocycles. The Balaban J connectivity index is 1.55. The van der Waals surface area contributed by atoms with Crippen LogP contribution in [0, 0.1) is 0 Å². The van der Waals surface area contributed by atoms with Crippen molar-refractivity contribution in [3.63, 3.8) is 0 Å². The van der Waals surface area contributed by atoms with Crippen molar-refractivity contribution < 1.29 is 0 Å². The second-order valence-electron chi connectivity index (χ2n) is 7.26. The summed E-state index contributed by atoms with van der Waals surface area (Å²) in [7, 11) is 0. The molecule has 4 heteroatoms. The summed E-state index contributed by atoms with van der Waals surface area (Å²) >= 11 is 1.84. The second kappa shape index (κ2) is 9.16. The molecule has 3 nitrogen and oxygen atoms in total. The molecule has 1 fully saturated rings. The molecule has 1 saturated heterocycles. The lowest BCUT2D eigenvalue weighted by Gasteiger charge is -2.32. The minimum Gasteiger partial charge on any atom is -0.371 e. The van der Waals surface area contributed by atoms with E-state index < -0.39 is 0 Å². The van der Waals surface area contributed by atoms with Gasteiger partial charge in [-0.15, -0.1) is 11.3 Å². The van der Waals surface area contributed by atoms with Crippen molar-refractivity contribution in [1.82, 2.24) is 9.88 Å². The molecule has 0 spiro atoms. The molecular formula is C23H27N3S. The molecule has 1 aromatic carbocycles. The highest BCUT2D eigenvalue weighted by Crippen LogP contribution is 2.26. The summed E-state index contributed by atoms with van der Waals surface area (Å²) < 4.78 is 0. The quantitative estimate of drug-likeness (QED) is 0.554. The van der Waals surface area contributed by atoms with Gasteiger partial charge in [-0.25, -0.2) is 0 Å². The topological polar surface area (TPSA) is 19.4 Å². The molecule has 27 heavy (non-hydrogen) atoms. The Morgan fingerprint density at radius 3 is 2.56 bits per heavy atom. The maximum absolute atomic E-state index is 4.30. The summed E-state index contributed by atoms with van der Waals surface area (Å²) in [5.41, 5.74) is 4.11. The summed E-state index contributed by atoms with van der Waals surface area (Å²) in [5.74, 6) is 0. The van der Waals surface area contributed by atoms with Crippen LogP contribution in [-0.4, -0.2) is 23.0 Å². The average Bonchev–Trinajstić information content (AvgIpc) is 3.23. The Hall–Kier alpha value is -2.17. The summed E-state index contributed by atoms with van der Waals surface area (Å²) in [6.45, 7) is 5.22. The van der Waals surface area contributed by atoms with Gasteiger partial charge in [0.05, 0.1) is 0 Å². The van der Waals surface area contributed by atoms with Crippen molar-refractivity contribution in [3.8, 4) is 0 Å². The van der Waals surface area contributed by atoms with Crippen molar-refractivity contribution in [3.05, 3.63) is 82.3 Å². The van der Waals surface area contributed by atoms with E-state index in [4.69, 9.17) is 0 Å². The smallest absolute Gasteiger partial charge is 0.0411 e. The van der Waals surface area contributed by atoms with Crippen LogP contribution in [0.2, 0.25) is 0 Å². The van der Waals surface area contributed by atoms with Crippen LogP contribution < -0.4 is 4.90 Å². The molecule has 0 amide bonds. The normalized spacial score (nSPS) is 14.6. The van der Waals surface area contributed by atoms with Crippen molar-refractivity contribution in [2.24, 2.45) is 0 Å². The van der Waals surface area contributed by atoms with Crippen molar-refractivity contribution in [2.45, 2.75) is 38.9 Å². The van der Waals surface area contributed by atoms with Crippen molar-refractivity contribution >= 4 is 17.0 Å². The van der Waals surface area contributed by atoms with Gasteiger partial charge in [-0.05, 0) is 54.0 Å². The standard InChI is InChI=1S/C23H27N3S/c1-4-13-26(14-5-1)23-11-3-2-9-21(23)18-25(19-22-10-7-15-27-22)17-20-8-6-12-24-16-20/h2-3,6-12,15-16H,1,4-5,13-14,17-19H2. The zero-order chi connectivity index (χ0) is 18.3. The Morgan fingerprint density at radius 2 is 1.78 bits per heavy atom. The van der Waals surface area contributed by atoms with Crippen LogP contribution in [0.3, 0.4) is 0 Å². The number of hydrogen-bond acceptors (Lipinski definition) is 4. The van der Waals surface area contributed by atoms with E-state index in [-0.39, 0.29) is 0 Å². The number of piperidine rings is 1. The lowest BCUT2D eigenvalue weighted by atomic mass is 10.1. The summed E-state index contributed by atoms with van der Waals surface area (Å²) in [6.07, 6.45) is 7.81. The Morgan fingerprint density at radius 1 is 0.889 bits per heavy atom. The van der Waals surface area contributed by atoms with Gasteiger partial charge in [0.2, 0.25) is 0 Å². The number of para-hydroxylation sites is 1. The fourth-order valence-electron chi connectivity index (χ4n) is 3.87. The third-order valence-corrected chi connectivity index (χ3v) is 6.03. The number of thiophene rings is 1. The number of benzene rings is 1. The first-order valence-corrected chi connectivity index (χ1v) is 10.7. The Bertz CT molecular complexity index is 811. The molecule has 0 saturated carbocycles. The lowest BCUT2D eigenvalue weighted by Crippen LogP contribution is -2.31. The van der Waals surface area contributed by atoms with E-state index in [0.29, 0.717) is 0 Å². The van der Waals surface area contributed by atoms with E-state index in [9.17, 15) is 0 Å². The average molecular weight is 378 g/mol. The first-order valence-electron chi connectivity index (χ1n) is 9.85. The van der Waals surface area contributed by atoms with Gasteiger partial charge in [0.15, 0.2) is 0 Å². The van der Waals surface area contributed by atoms with E-state index in [2.05, 4.69) is 62.6 Å². The molecule has 0 N–H and O–H groups in total. The number of nitrogens with zero attached hydrogens (tertiary/aromatic N) is 3. The fraction of sp³-hybridized carbons (Fsp3) is 0.348. The van der Waals surface area contributed by atoms with Gasteiger partial charge in [-0.3, -0.25) is 9.88 Å². The van der Waals surface area contributed by atoms with Crippen LogP contribution in [0.15, 0.2) is 66.3 Å². The molecule has 0 atom stereocenters. The minimum atomic E-state index is 0.917. The zero-order valence-electron chi connectivity index (χ0n) is 15.8. The molecule has 3 aromatic rings. The summed E-state index contributed by atoms with van der Waals surface area (Å²) in [4.78, 5) is 10.8. The van der Waals surface area contributed by atoms with E-state index >= 15 is 0 Å². The minimum absolute atomic E-state index is 0.917. The number of aromatic nitrogens is 1. The van der Waals surface area contributed by atoms with Crippen LogP contribution in [0.4, 0.5) is 5.69 Å². The number of pyridine rings is 1. The fourth-order valence-corrected chi connectivity index (χ4v) is 4.62. The molecule has 0 radical (unpaired) electrons. The van der Waals surface area contributed by atoms with E-state index in [1.807, 2.05) is 29.8 Å². The largest absolute Gasteiger partial charge is 0.371 e. The van der Waals surface area contributed by atoms with Crippen LogP contribution in [-0.2, 0) is 19.6 Å². The van der Waals surface area contributed by atoms with Crippen LogP contribution in [0.25, 0.3) is 0 Å². The number of rotatable bonds is 7. The molecule has 1 aliphatic rings. The monoisotopic (exact) mass is 377 g/mol. The maximum Gasteiger partial charge on any atom is 0.0411 e. The van der Waals surface area contributed by atoms with Gasteiger partial charge >= 0.3 is 0 Å². The molecule has 4 rings (SSSR count). The van der Waals surface area contributed by atoms with Gasteiger partial charge in [-0.1, -0.05) is 30.3 Å². The first kappa shape index (κ1) is 18.2. The van der Waals surface area contributed by atoms with Crippen LogP contribution in [0.1, 0.15) is 35.3 Å². The van der Waals surface area contributed by atoms with Gasteiger partial charge < -0.3 is 4.90 Å². The van der Waals surface area contributed by atoms with Crippen molar-refractivity contribution in [2.75, 3.05) is 18.0 Å². The van der Waals surface area contributed by atoms with E-state index in [1.165, 1.54) is 54.0 Å². The summed E-state index contributed by atoms with van der Waals surface area (Å²) in [6, 6.07) is 17.5. The van der Waals surface area contributed by atoms with Crippen molar-refractivity contribution in [1.29, 1.82) is 0 Å². The number of hydrogen-bond donors (Lipinski definition) is 0. The Kier molecular flexibility index (Phi) is 6.17. The molecule has 1 aliphatic heterocycles. The maximum atomic E-state index is 4.30. The molecule has 140 valence electrons. The highest BCUT2D eigenvalue weighted by atomic mass is 32.1. The SMILES string of the molecule is c1cncc(CN(Cc2cccs2)Cc2ccccc2N2CCCCC2)c1. The summed E-state index contributed by atoms with van der Waals surface area (Å²) in [5, 5.41) is 2.17. The lowest BCUT2D eigenvalue weighted by molar-refractivity contribution is 0.250.